The molecule has 0 saturated heterocycles. The highest BCUT2D eigenvalue weighted by Crippen LogP contribution is 2.19. The summed E-state index contributed by atoms with van der Waals surface area (Å²) in [4.78, 5) is 10.5. The van der Waals surface area contributed by atoms with E-state index in [2.05, 4.69) is 13.8 Å². The van der Waals surface area contributed by atoms with Crippen LogP contribution in [0.2, 0.25) is 0 Å². The lowest BCUT2D eigenvalue weighted by Crippen LogP contribution is -2.10. The standard InChI is InChI=1S/C11H23NO/c1-3-6-10(7-4-2)8-5-9-11(12)13/h10H,3-9H2,1-2H3,(H2,12,13). The molecule has 0 atom stereocenters. The number of carbonyl (C=O) groups excluding carboxylic acids is 1. The van der Waals surface area contributed by atoms with Crippen LogP contribution in [0.3, 0.4) is 0 Å². The van der Waals surface area contributed by atoms with Gasteiger partial charge < -0.3 is 5.73 Å². The number of rotatable bonds is 8. The summed E-state index contributed by atoms with van der Waals surface area (Å²) in [6.07, 6.45) is 7.80. The Hall–Kier alpha value is -0.530. The van der Waals surface area contributed by atoms with Crippen molar-refractivity contribution in [2.45, 2.75) is 58.8 Å². The molecule has 0 unspecified atom stereocenters. The fraction of sp³-hybridized carbons (Fsp3) is 0.909. The number of hydrogen-bond acceptors (Lipinski definition) is 1. The second kappa shape index (κ2) is 8.09. The highest BCUT2D eigenvalue weighted by molar-refractivity contribution is 5.73. The van der Waals surface area contributed by atoms with Crippen LogP contribution in [0.1, 0.15) is 58.8 Å². The van der Waals surface area contributed by atoms with E-state index in [9.17, 15) is 4.79 Å². The van der Waals surface area contributed by atoms with Gasteiger partial charge in [0, 0.05) is 6.42 Å². The van der Waals surface area contributed by atoms with Crippen molar-refractivity contribution in [2.75, 3.05) is 0 Å². The van der Waals surface area contributed by atoms with Gasteiger partial charge in [0.2, 0.25) is 5.91 Å². The second-order valence-electron chi connectivity index (χ2n) is 3.80. The van der Waals surface area contributed by atoms with Crippen molar-refractivity contribution >= 4 is 5.91 Å². The van der Waals surface area contributed by atoms with Crippen molar-refractivity contribution in [3.8, 4) is 0 Å². The molecule has 0 heterocycles. The lowest BCUT2D eigenvalue weighted by Gasteiger charge is -2.13. The molecule has 1 amide bonds. The van der Waals surface area contributed by atoms with E-state index < -0.39 is 0 Å². The maximum atomic E-state index is 10.5. The third-order valence-corrected chi connectivity index (χ3v) is 2.43. The topological polar surface area (TPSA) is 43.1 Å². The summed E-state index contributed by atoms with van der Waals surface area (Å²) >= 11 is 0. The van der Waals surface area contributed by atoms with E-state index in [-0.39, 0.29) is 5.91 Å². The number of amides is 1. The van der Waals surface area contributed by atoms with Crippen LogP contribution in [0, 0.1) is 5.92 Å². The zero-order valence-corrected chi connectivity index (χ0v) is 9.01. The van der Waals surface area contributed by atoms with Crippen molar-refractivity contribution in [3.05, 3.63) is 0 Å². The minimum Gasteiger partial charge on any atom is -0.370 e. The fourth-order valence-electron chi connectivity index (χ4n) is 1.81. The van der Waals surface area contributed by atoms with Gasteiger partial charge >= 0.3 is 0 Å². The number of primary amides is 1. The third kappa shape index (κ3) is 7.82. The first-order chi connectivity index (χ1) is 6.20. The summed E-state index contributed by atoms with van der Waals surface area (Å²) in [6.45, 7) is 4.44. The molecule has 13 heavy (non-hydrogen) atoms. The normalized spacial score (nSPS) is 10.7. The molecule has 0 aromatic rings. The molecule has 0 aliphatic rings. The van der Waals surface area contributed by atoms with Gasteiger partial charge in [-0.2, -0.15) is 0 Å². The Bertz CT molecular complexity index is 128. The Balaban J connectivity index is 3.49. The number of nitrogens with two attached hydrogens (primary N) is 1. The van der Waals surface area contributed by atoms with Crippen LogP contribution in [0.15, 0.2) is 0 Å². The lowest BCUT2D eigenvalue weighted by atomic mass is 9.93. The lowest BCUT2D eigenvalue weighted by molar-refractivity contribution is -0.118. The molecule has 0 rings (SSSR count). The van der Waals surface area contributed by atoms with Gasteiger partial charge in [-0.3, -0.25) is 4.79 Å². The van der Waals surface area contributed by atoms with Crippen LogP contribution in [0.5, 0.6) is 0 Å². The molecule has 0 radical (unpaired) electrons. The summed E-state index contributed by atoms with van der Waals surface area (Å²) < 4.78 is 0. The minimum absolute atomic E-state index is 0.160. The van der Waals surface area contributed by atoms with E-state index in [4.69, 9.17) is 5.73 Å². The predicted molar refractivity (Wildman–Crippen MR) is 56.4 cm³/mol. The van der Waals surface area contributed by atoms with Gasteiger partial charge in [-0.1, -0.05) is 39.5 Å². The van der Waals surface area contributed by atoms with Gasteiger partial charge in [0.25, 0.3) is 0 Å². The van der Waals surface area contributed by atoms with Gasteiger partial charge in [0.1, 0.15) is 0 Å². The van der Waals surface area contributed by atoms with E-state index in [1.165, 1.54) is 32.1 Å². The molecule has 0 aromatic carbocycles. The van der Waals surface area contributed by atoms with Gasteiger partial charge in [-0.15, -0.1) is 0 Å². The Kier molecular flexibility index (Phi) is 7.76. The van der Waals surface area contributed by atoms with E-state index in [0.717, 1.165) is 12.3 Å². The van der Waals surface area contributed by atoms with Crippen molar-refractivity contribution in [2.24, 2.45) is 11.7 Å². The first-order valence-corrected chi connectivity index (χ1v) is 5.49. The summed E-state index contributed by atoms with van der Waals surface area (Å²) in [6, 6.07) is 0. The molecule has 0 aliphatic carbocycles. The molecule has 0 fully saturated rings. The van der Waals surface area contributed by atoms with E-state index in [1.54, 1.807) is 0 Å². The van der Waals surface area contributed by atoms with Gasteiger partial charge in [0.05, 0.1) is 0 Å². The van der Waals surface area contributed by atoms with Crippen molar-refractivity contribution in [3.63, 3.8) is 0 Å². The minimum atomic E-state index is -0.160. The molecule has 0 saturated carbocycles. The molecule has 0 bridgehead atoms. The zero-order valence-electron chi connectivity index (χ0n) is 9.01. The van der Waals surface area contributed by atoms with Crippen LogP contribution in [-0.2, 0) is 4.79 Å². The van der Waals surface area contributed by atoms with E-state index in [1.807, 2.05) is 0 Å². The molecular weight excluding hydrogens is 162 g/mol. The first kappa shape index (κ1) is 12.5. The van der Waals surface area contributed by atoms with Crippen LogP contribution >= 0.6 is 0 Å². The molecule has 0 spiro atoms. The molecule has 0 aliphatic heterocycles. The second-order valence-corrected chi connectivity index (χ2v) is 3.80. The average molecular weight is 185 g/mol. The summed E-state index contributed by atoms with van der Waals surface area (Å²) in [5, 5.41) is 0. The smallest absolute Gasteiger partial charge is 0.217 e. The monoisotopic (exact) mass is 185 g/mol. The van der Waals surface area contributed by atoms with Crippen LogP contribution < -0.4 is 5.73 Å². The van der Waals surface area contributed by atoms with Crippen LogP contribution in [-0.4, -0.2) is 5.91 Å². The van der Waals surface area contributed by atoms with Crippen LogP contribution in [0.25, 0.3) is 0 Å². The molecule has 2 nitrogen and oxygen atoms in total. The maximum absolute atomic E-state index is 10.5. The molecule has 0 aromatic heterocycles. The summed E-state index contributed by atoms with van der Waals surface area (Å²) in [7, 11) is 0. The predicted octanol–water partition coefficient (Wildman–Crippen LogP) is 2.86. The Morgan fingerprint density at radius 3 is 2.08 bits per heavy atom. The molecular formula is C11H23NO. The average Bonchev–Trinajstić information content (AvgIpc) is 2.04. The fourth-order valence-corrected chi connectivity index (χ4v) is 1.81. The Morgan fingerprint density at radius 1 is 1.15 bits per heavy atom. The maximum Gasteiger partial charge on any atom is 0.217 e. The van der Waals surface area contributed by atoms with E-state index in [0.29, 0.717) is 6.42 Å². The highest BCUT2D eigenvalue weighted by atomic mass is 16.1. The highest BCUT2D eigenvalue weighted by Gasteiger charge is 2.06. The summed E-state index contributed by atoms with van der Waals surface area (Å²) in [5.41, 5.74) is 5.09. The van der Waals surface area contributed by atoms with Gasteiger partial charge in [-0.05, 0) is 18.8 Å². The van der Waals surface area contributed by atoms with Gasteiger partial charge in [-0.25, -0.2) is 0 Å². The molecule has 2 heteroatoms. The summed E-state index contributed by atoms with van der Waals surface area (Å²) in [5.74, 6) is 0.654. The first-order valence-electron chi connectivity index (χ1n) is 5.49. The van der Waals surface area contributed by atoms with Crippen molar-refractivity contribution in [1.29, 1.82) is 0 Å². The molecule has 2 N–H and O–H groups in total. The SMILES string of the molecule is CCCC(CCC)CCCC(N)=O. The third-order valence-electron chi connectivity index (χ3n) is 2.43. The number of carbonyl (C=O) groups is 1. The number of hydrogen-bond donors (Lipinski definition) is 1. The van der Waals surface area contributed by atoms with E-state index >= 15 is 0 Å². The molecule has 78 valence electrons. The van der Waals surface area contributed by atoms with Gasteiger partial charge in [0.15, 0.2) is 0 Å². The van der Waals surface area contributed by atoms with Crippen molar-refractivity contribution < 1.29 is 4.79 Å². The largest absolute Gasteiger partial charge is 0.370 e. The Labute approximate surface area is 81.9 Å². The van der Waals surface area contributed by atoms with Crippen molar-refractivity contribution in [1.82, 2.24) is 0 Å². The quantitative estimate of drug-likeness (QED) is 0.621. The zero-order chi connectivity index (χ0) is 10.1. The Morgan fingerprint density at radius 2 is 1.69 bits per heavy atom. The van der Waals surface area contributed by atoms with Crippen LogP contribution in [0.4, 0.5) is 0 Å².